The molecular weight excluding hydrogens is 297 g/mol. The Balaban J connectivity index is 2.50. The van der Waals surface area contributed by atoms with Gasteiger partial charge in [-0.2, -0.15) is 13.2 Å². The lowest BCUT2D eigenvalue weighted by atomic mass is 9.82. The van der Waals surface area contributed by atoms with Gasteiger partial charge in [-0.25, -0.2) is 4.79 Å². The van der Waals surface area contributed by atoms with Crippen LogP contribution in [0.15, 0.2) is 35.9 Å². The summed E-state index contributed by atoms with van der Waals surface area (Å²) in [6.07, 6.45) is -1.83. The minimum Gasteiger partial charge on any atom is -0.465 e. The summed E-state index contributed by atoms with van der Waals surface area (Å²) in [7, 11) is 0. The van der Waals surface area contributed by atoms with Crippen LogP contribution in [0.5, 0.6) is 0 Å². The second-order valence-corrected chi connectivity index (χ2v) is 4.76. The van der Waals surface area contributed by atoms with E-state index in [0.29, 0.717) is 11.1 Å². The molecule has 0 heterocycles. The molecule has 2 atom stereocenters. The molecule has 0 N–H and O–H groups in total. The monoisotopic (exact) mass is 310 g/mol. The van der Waals surface area contributed by atoms with E-state index < -0.39 is 29.6 Å². The number of carbonyl (C=O) groups excluding carboxylic acids is 2. The fraction of sp³-hybridized carbons (Fsp3) is 0.312. The van der Waals surface area contributed by atoms with E-state index in [9.17, 15) is 22.8 Å². The lowest BCUT2D eigenvalue weighted by Crippen LogP contribution is -2.32. The predicted octanol–water partition coefficient (Wildman–Crippen LogP) is 3.30. The Kier molecular flexibility index (Phi) is 4.52. The van der Waals surface area contributed by atoms with Crippen LogP contribution in [0.4, 0.5) is 13.2 Å². The van der Waals surface area contributed by atoms with Gasteiger partial charge < -0.3 is 4.74 Å². The third-order valence-corrected chi connectivity index (χ3v) is 3.46. The van der Waals surface area contributed by atoms with Crippen molar-refractivity contribution in [2.45, 2.75) is 19.0 Å². The molecule has 0 amide bonds. The van der Waals surface area contributed by atoms with Gasteiger partial charge in [0, 0.05) is 5.92 Å². The summed E-state index contributed by atoms with van der Waals surface area (Å²) >= 11 is 0. The quantitative estimate of drug-likeness (QED) is 0.633. The van der Waals surface area contributed by atoms with Crippen molar-refractivity contribution in [1.29, 1.82) is 0 Å². The summed E-state index contributed by atoms with van der Waals surface area (Å²) in [5.74, 6) is -2.83. The number of hydrogen-bond acceptors (Lipinski definition) is 3. The van der Waals surface area contributed by atoms with Crippen molar-refractivity contribution in [3.63, 3.8) is 0 Å². The van der Waals surface area contributed by atoms with Crippen LogP contribution in [0, 0.1) is 5.92 Å². The maximum Gasteiger partial charge on any atom is 0.423 e. The van der Waals surface area contributed by atoms with Crippen molar-refractivity contribution in [3.8, 4) is 0 Å². The first-order chi connectivity index (χ1) is 10.4. The maximum absolute atomic E-state index is 13.1. The van der Waals surface area contributed by atoms with Crippen LogP contribution >= 0.6 is 0 Å². The fourth-order valence-corrected chi connectivity index (χ4v) is 2.54. The highest BCUT2D eigenvalue weighted by Gasteiger charge is 2.48. The third kappa shape index (κ3) is 2.97. The standard InChI is InChI=1S/C16H13F3O3/c1-2-22-15(21)14(13(9-20)16(17,18)19)12-8-7-10-5-3-4-6-11(10)12/h3-8,12,14H,2H2,1H3. The minimum atomic E-state index is -4.94. The number of allylic oxidation sites excluding steroid dienone is 1. The van der Waals surface area contributed by atoms with Crippen LogP contribution in [-0.2, 0) is 14.3 Å². The molecule has 1 aromatic rings. The van der Waals surface area contributed by atoms with Gasteiger partial charge in [0.25, 0.3) is 0 Å². The van der Waals surface area contributed by atoms with Crippen LogP contribution in [0.1, 0.15) is 24.0 Å². The molecule has 0 saturated carbocycles. The first-order valence-electron chi connectivity index (χ1n) is 6.66. The van der Waals surface area contributed by atoms with Crippen molar-refractivity contribution in [2.24, 2.45) is 5.92 Å². The van der Waals surface area contributed by atoms with Gasteiger partial charge in [-0.15, -0.1) is 0 Å². The molecule has 1 aliphatic carbocycles. The topological polar surface area (TPSA) is 43.4 Å². The van der Waals surface area contributed by atoms with Crippen molar-refractivity contribution < 1.29 is 27.5 Å². The van der Waals surface area contributed by atoms with Gasteiger partial charge in [0.15, 0.2) is 0 Å². The summed E-state index contributed by atoms with van der Waals surface area (Å²) in [5.41, 5.74) is -0.274. The van der Waals surface area contributed by atoms with Crippen LogP contribution in [-0.4, -0.2) is 24.7 Å². The average Bonchev–Trinajstić information content (AvgIpc) is 2.87. The molecule has 2 unspecified atom stereocenters. The number of halogens is 3. The summed E-state index contributed by atoms with van der Waals surface area (Å²) in [6.45, 7) is 1.42. The number of carbonyl (C=O) groups is 1. The Morgan fingerprint density at radius 3 is 2.64 bits per heavy atom. The lowest BCUT2D eigenvalue weighted by Gasteiger charge is -2.23. The van der Waals surface area contributed by atoms with Crippen LogP contribution in [0.3, 0.4) is 0 Å². The molecular formula is C16H13F3O3. The molecule has 1 aromatic carbocycles. The predicted molar refractivity (Wildman–Crippen MR) is 73.6 cm³/mol. The Bertz CT molecular complexity index is 655. The molecule has 0 fully saturated rings. The maximum atomic E-state index is 13.1. The Morgan fingerprint density at radius 1 is 1.36 bits per heavy atom. The highest BCUT2D eigenvalue weighted by atomic mass is 19.4. The summed E-state index contributed by atoms with van der Waals surface area (Å²) < 4.78 is 43.9. The van der Waals surface area contributed by atoms with E-state index in [-0.39, 0.29) is 6.61 Å². The number of alkyl halides is 3. The van der Waals surface area contributed by atoms with Crippen molar-refractivity contribution in [2.75, 3.05) is 6.61 Å². The van der Waals surface area contributed by atoms with Gasteiger partial charge in [-0.3, -0.25) is 4.79 Å². The highest BCUT2D eigenvalue weighted by Crippen LogP contribution is 2.43. The first kappa shape index (κ1) is 16.0. The molecule has 22 heavy (non-hydrogen) atoms. The zero-order valence-electron chi connectivity index (χ0n) is 11.7. The zero-order chi connectivity index (χ0) is 16.3. The molecule has 1 aliphatic rings. The van der Waals surface area contributed by atoms with Gasteiger partial charge in [0.1, 0.15) is 17.4 Å². The average molecular weight is 310 g/mol. The largest absolute Gasteiger partial charge is 0.465 e. The van der Waals surface area contributed by atoms with E-state index in [1.807, 2.05) is 0 Å². The summed E-state index contributed by atoms with van der Waals surface area (Å²) in [5, 5.41) is 0. The van der Waals surface area contributed by atoms with Crippen molar-refractivity contribution >= 4 is 18.0 Å². The van der Waals surface area contributed by atoms with Crippen molar-refractivity contribution in [1.82, 2.24) is 0 Å². The van der Waals surface area contributed by atoms with E-state index in [1.165, 1.54) is 13.0 Å². The molecule has 0 radical (unpaired) electrons. The Morgan fingerprint density at radius 2 is 2.05 bits per heavy atom. The van der Waals surface area contributed by atoms with Crippen LogP contribution in [0.2, 0.25) is 0 Å². The van der Waals surface area contributed by atoms with Gasteiger partial charge >= 0.3 is 12.1 Å². The van der Waals surface area contributed by atoms with E-state index in [4.69, 9.17) is 4.74 Å². The second kappa shape index (κ2) is 6.20. The van der Waals surface area contributed by atoms with Gasteiger partial charge in [-0.1, -0.05) is 36.4 Å². The Labute approximate surface area is 125 Å². The molecule has 116 valence electrons. The van der Waals surface area contributed by atoms with Crippen LogP contribution in [0.25, 0.3) is 6.08 Å². The molecule has 0 aliphatic heterocycles. The number of esters is 1. The van der Waals surface area contributed by atoms with Crippen molar-refractivity contribution in [3.05, 3.63) is 47.0 Å². The highest BCUT2D eigenvalue weighted by molar-refractivity contribution is 5.83. The SMILES string of the molecule is CCOC(=O)C(C(=C=O)C(F)(F)F)C1C=Cc2ccccc21. The van der Waals surface area contributed by atoms with Gasteiger partial charge in [0.05, 0.1) is 6.61 Å². The zero-order valence-corrected chi connectivity index (χ0v) is 11.7. The second-order valence-electron chi connectivity index (χ2n) is 4.76. The van der Waals surface area contributed by atoms with Gasteiger partial charge in [-0.05, 0) is 18.1 Å². The molecule has 0 saturated heterocycles. The normalized spacial score (nSPS) is 17.5. The van der Waals surface area contributed by atoms with E-state index >= 15 is 0 Å². The fourth-order valence-electron chi connectivity index (χ4n) is 2.54. The van der Waals surface area contributed by atoms with Crippen LogP contribution < -0.4 is 0 Å². The molecule has 6 heteroatoms. The molecule has 0 aromatic heterocycles. The minimum absolute atomic E-state index is 0.0720. The number of rotatable bonds is 4. The smallest absolute Gasteiger partial charge is 0.423 e. The number of benzene rings is 1. The summed E-state index contributed by atoms with van der Waals surface area (Å²) in [4.78, 5) is 22.9. The van der Waals surface area contributed by atoms with Gasteiger partial charge in [0.2, 0.25) is 0 Å². The molecule has 0 bridgehead atoms. The molecule has 0 spiro atoms. The number of fused-ring (bicyclic) bond motifs is 1. The third-order valence-electron chi connectivity index (χ3n) is 3.46. The van der Waals surface area contributed by atoms with E-state index in [0.717, 1.165) is 5.94 Å². The van der Waals surface area contributed by atoms with E-state index in [2.05, 4.69) is 0 Å². The first-order valence-corrected chi connectivity index (χ1v) is 6.66. The van der Waals surface area contributed by atoms with E-state index in [1.54, 1.807) is 30.3 Å². The number of ether oxygens (including phenoxy) is 1. The molecule has 2 rings (SSSR count). The molecule has 3 nitrogen and oxygen atoms in total. The Hall–Kier alpha value is -2.33. The lowest BCUT2D eigenvalue weighted by molar-refractivity contribution is -0.152. The summed E-state index contributed by atoms with van der Waals surface area (Å²) in [6, 6.07) is 6.76. The number of hydrogen-bond donors (Lipinski definition) is 0.